The fourth-order valence-corrected chi connectivity index (χ4v) is 3.03. The number of esters is 3. The van der Waals surface area contributed by atoms with Crippen LogP contribution in [0.1, 0.15) is 46.0 Å². The third-order valence-electron chi connectivity index (χ3n) is 4.42. The van der Waals surface area contributed by atoms with Crippen molar-refractivity contribution in [1.82, 2.24) is 4.98 Å². The summed E-state index contributed by atoms with van der Waals surface area (Å²) < 4.78 is 26.5. The van der Waals surface area contributed by atoms with E-state index in [-0.39, 0.29) is 43.4 Å². The summed E-state index contributed by atoms with van der Waals surface area (Å²) in [6.45, 7) is 4.99. The molecule has 9 nitrogen and oxygen atoms in total. The first kappa shape index (κ1) is 21.2. The molecule has 0 aliphatic carbocycles. The van der Waals surface area contributed by atoms with Crippen molar-refractivity contribution in [2.75, 3.05) is 19.8 Å². The number of ether oxygens (including phenoxy) is 5. The number of carbonyl (C=O) groups is 3. The largest absolute Gasteiger partial charge is 0.485 e. The SMILES string of the molecule is CCOC(=O)c1[nH]c(COC(=O)C2COc3ccccc3O2)c(C(=O)OCC)c1C. The van der Waals surface area contributed by atoms with Crippen molar-refractivity contribution in [3.63, 3.8) is 0 Å². The molecule has 1 unspecified atom stereocenters. The fraction of sp³-hybridized carbons (Fsp3) is 0.381. The first-order valence-electron chi connectivity index (χ1n) is 9.57. The Balaban J connectivity index is 1.75. The van der Waals surface area contributed by atoms with E-state index in [1.54, 1.807) is 45.0 Å². The van der Waals surface area contributed by atoms with Crippen LogP contribution in [0.3, 0.4) is 0 Å². The number of aromatic amines is 1. The molecule has 1 N–H and O–H groups in total. The average molecular weight is 417 g/mol. The Morgan fingerprint density at radius 3 is 2.40 bits per heavy atom. The van der Waals surface area contributed by atoms with E-state index in [2.05, 4.69) is 4.98 Å². The Hall–Kier alpha value is -3.49. The second kappa shape index (κ2) is 9.34. The Morgan fingerprint density at radius 2 is 1.70 bits per heavy atom. The van der Waals surface area contributed by atoms with Crippen LogP contribution in [-0.2, 0) is 25.6 Å². The molecule has 0 bridgehead atoms. The van der Waals surface area contributed by atoms with Crippen LogP contribution >= 0.6 is 0 Å². The smallest absolute Gasteiger partial charge is 0.355 e. The molecule has 1 aromatic heterocycles. The molecule has 3 rings (SSSR count). The van der Waals surface area contributed by atoms with Crippen LogP contribution < -0.4 is 9.47 Å². The molecule has 0 saturated carbocycles. The predicted octanol–water partition coefficient (Wildman–Crippen LogP) is 2.56. The van der Waals surface area contributed by atoms with Crippen molar-refractivity contribution in [3.05, 3.63) is 46.8 Å². The van der Waals surface area contributed by atoms with Gasteiger partial charge in [0.25, 0.3) is 0 Å². The third-order valence-corrected chi connectivity index (χ3v) is 4.42. The third kappa shape index (κ3) is 4.40. The summed E-state index contributed by atoms with van der Waals surface area (Å²) in [6.07, 6.45) is -0.952. The van der Waals surface area contributed by atoms with Gasteiger partial charge in [0.15, 0.2) is 11.5 Å². The molecule has 9 heteroatoms. The summed E-state index contributed by atoms with van der Waals surface area (Å²) in [4.78, 5) is 39.8. The van der Waals surface area contributed by atoms with Crippen LogP contribution in [0.2, 0.25) is 0 Å². The second-order valence-corrected chi connectivity index (χ2v) is 6.39. The van der Waals surface area contributed by atoms with Crippen LogP contribution in [0.15, 0.2) is 24.3 Å². The van der Waals surface area contributed by atoms with Crippen molar-refractivity contribution in [1.29, 1.82) is 0 Å². The van der Waals surface area contributed by atoms with Gasteiger partial charge in [0.05, 0.1) is 24.5 Å². The maximum absolute atomic E-state index is 12.5. The molecule has 0 saturated heterocycles. The van der Waals surface area contributed by atoms with Gasteiger partial charge in [-0.15, -0.1) is 0 Å². The van der Waals surface area contributed by atoms with Crippen molar-refractivity contribution < 1.29 is 38.1 Å². The summed E-state index contributed by atoms with van der Waals surface area (Å²) >= 11 is 0. The standard InChI is InChI=1S/C21H23NO8/c1-4-26-20(24)17-12(3)18(21(25)27-5-2)22-13(17)10-29-19(23)16-11-28-14-8-6-7-9-15(14)30-16/h6-9,16,22H,4-5,10-11H2,1-3H3. The van der Waals surface area contributed by atoms with Crippen molar-refractivity contribution >= 4 is 17.9 Å². The molecule has 0 spiro atoms. The van der Waals surface area contributed by atoms with E-state index in [9.17, 15) is 14.4 Å². The molecule has 30 heavy (non-hydrogen) atoms. The topological polar surface area (TPSA) is 113 Å². The molecule has 1 aliphatic rings. The van der Waals surface area contributed by atoms with Gasteiger partial charge in [0.2, 0.25) is 6.10 Å². The zero-order valence-electron chi connectivity index (χ0n) is 17.0. The number of rotatable bonds is 7. The van der Waals surface area contributed by atoms with Gasteiger partial charge in [0, 0.05) is 0 Å². The maximum Gasteiger partial charge on any atom is 0.355 e. The molecule has 1 aliphatic heterocycles. The van der Waals surface area contributed by atoms with Gasteiger partial charge in [-0.1, -0.05) is 12.1 Å². The van der Waals surface area contributed by atoms with E-state index in [1.165, 1.54) is 0 Å². The van der Waals surface area contributed by atoms with E-state index in [0.717, 1.165) is 0 Å². The van der Waals surface area contributed by atoms with Gasteiger partial charge in [0.1, 0.15) is 18.9 Å². The van der Waals surface area contributed by atoms with Crippen molar-refractivity contribution in [3.8, 4) is 11.5 Å². The van der Waals surface area contributed by atoms with E-state index in [4.69, 9.17) is 23.7 Å². The normalized spacial score (nSPS) is 14.7. The molecule has 0 amide bonds. The van der Waals surface area contributed by atoms with E-state index < -0.39 is 24.0 Å². The summed E-state index contributed by atoms with van der Waals surface area (Å²) in [5.74, 6) is -0.912. The van der Waals surface area contributed by atoms with Crippen LogP contribution in [0.4, 0.5) is 0 Å². The number of para-hydroxylation sites is 2. The number of nitrogens with one attached hydrogen (secondary N) is 1. The summed E-state index contributed by atoms with van der Waals surface area (Å²) in [6, 6.07) is 6.99. The lowest BCUT2D eigenvalue weighted by molar-refractivity contribution is -0.156. The number of fused-ring (bicyclic) bond motifs is 1. The maximum atomic E-state index is 12.5. The lowest BCUT2D eigenvalue weighted by Gasteiger charge is -2.24. The molecule has 1 atom stereocenters. The minimum absolute atomic E-state index is 0.00158. The lowest BCUT2D eigenvalue weighted by Crippen LogP contribution is -2.37. The molecular formula is C21H23NO8. The summed E-state index contributed by atoms with van der Waals surface area (Å²) in [5.41, 5.74) is 0.847. The highest BCUT2D eigenvalue weighted by atomic mass is 16.6. The van der Waals surface area contributed by atoms with Crippen LogP contribution in [0, 0.1) is 6.92 Å². The number of carbonyl (C=O) groups excluding carboxylic acids is 3. The minimum atomic E-state index is -0.952. The van der Waals surface area contributed by atoms with Gasteiger partial charge in [-0.2, -0.15) is 0 Å². The van der Waals surface area contributed by atoms with Gasteiger partial charge >= 0.3 is 17.9 Å². The lowest BCUT2D eigenvalue weighted by atomic mass is 10.1. The first-order valence-corrected chi connectivity index (χ1v) is 9.57. The number of hydrogen-bond acceptors (Lipinski definition) is 8. The highest BCUT2D eigenvalue weighted by molar-refractivity contribution is 5.98. The van der Waals surface area contributed by atoms with Gasteiger partial charge in [-0.05, 0) is 38.5 Å². The molecule has 2 aromatic rings. The summed E-state index contributed by atoms with van der Waals surface area (Å²) in [7, 11) is 0. The molecule has 0 fully saturated rings. The zero-order valence-corrected chi connectivity index (χ0v) is 17.0. The zero-order chi connectivity index (χ0) is 21.7. The van der Waals surface area contributed by atoms with Crippen LogP contribution in [0.5, 0.6) is 11.5 Å². The van der Waals surface area contributed by atoms with Crippen LogP contribution in [0.25, 0.3) is 0 Å². The van der Waals surface area contributed by atoms with Crippen molar-refractivity contribution in [2.45, 2.75) is 33.5 Å². The van der Waals surface area contributed by atoms with Gasteiger partial charge in [-0.25, -0.2) is 14.4 Å². The van der Waals surface area contributed by atoms with E-state index in [1.807, 2.05) is 0 Å². The highest BCUT2D eigenvalue weighted by Crippen LogP contribution is 2.31. The molecule has 1 aromatic carbocycles. The molecule has 160 valence electrons. The fourth-order valence-electron chi connectivity index (χ4n) is 3.03. The number of benzene rings is 1. The average Bonchev–Trinajstić information content (AvgIpc) is 3.08. The highest BCUT2D eigenvalue weighted by Gasteiger charge is 2.30. The molecule has 2 heterocycles. The number of aromatic nitrogens is 1. The van der Waals surface area contributed by atoms with E-state index >= 15 is 0 Å². The minimum Gasteiger partial charge on any atom is -0.485 e. The van der Waals surface area contributed by atoms with Crippen LogP contribution in [-0.4, -0.2) is 48.8 Å². The second-order valence-electron chi connectivity index (χ2n) is 6.39. The molecule has 0 radical (unpaired) electrons. The van der Waals surface area contributed by atoms with Gasteiger partial charge in [-0.3, -0.25) is 0 Å². The Kier molecular flexibility index (Phi) is 6.61. The first-order chi connectivity index (χ1) is 14.5. The quantitative estimate of drug-likeness (QED) is 0.540. The Labute approximate surface area is 173 Å². The summed E-state index contributed by atoms with van der Waals surface area (Å²) in [5, 5.41) is 0. The number of H-pyrrole nitrogens is 1. The Bertz CT molecular complexity index is 948. The molecular weight excluding hydrogens is 394 g/mol. The predicted molar refractivity (Wildman–Crippen MR) is 104 cm³/mol. The monoisotopic (exact) mass is 417 g/mol. The van der Waals surface area contributed by atoms with Crippen molar-refractivity contribution in [2.24, 2.45) is 0 Å². The van der Waals surface area contributed by atoms with E-state index in [0.29, 0.717) is 17.1 Å². The Morgan fingerprint density at radius 1 is 1.03 bits per heavy atom. The number of hydrogen-bond donors (Lipinski definition) is 1. The van der Waals surface area contributed by atoms with Gasteiger partial charge < -0.3 is 28.7 Å².